The summed E-state index contributed by atoms with van der Waals surface area (Å²) in [6.07, 6.45) is 2.71. The Morgan fingerprint density at radius 2 is 1.88 bits per heavy atom. The van der Waals surface area contributed by atoms with Gasteiger partial charge in [0.2, 0.25) is 9.84 Å². The Kier molecular flexibility index (Phi) is 3.96. The average molecular weight is 371 g/mol. The molecule has 0 saturated heterocycles. The lowest BCUT2D eigenvalue weighted by Gasteiger charge is -2.23. The van der Waals surface area contributed by atoms with E-state index in [1.54, 1.807) is 53.8 Å². The van der Waals surface area contributed by atoms with Crippen LogP contribution in [-0.2, 0) is 22.8 Å². The van der Waals surface area contributed by atoms with Crippen LogP contribution in [0.2, 0.25) is 0 Å². The van der Waals surface area contributed by atoms with E-state index in [2.05, 4.69) is 17.0 Å². The number of benzene rings is 1. The number of hydrogen-bond donors (Lipinski definition) is 0. The molecule has 0 unspecified atom stereocenters. The van der Waals surface area contributed by atoms with Crippen LogP contribution < -0.4 is 4.90 Å². The van der Waals surface area contributed by atoms with Gasteiger partial charge in [-0.05, 0) is 19.2 Å². The van der Waals surface area contributed by atoms with Crippen LogP contribution in [0.15, 0.2) is 46.3 Å². The second-order valence-electron chi connectivity index (χ2n) is 6.83. The second kappa shape index (κ2) is 6.07. The SMILES string of the molecule is CN1CCc2nc3c(S(=O)(=O)c4ccccc4)c(N(C)C)nn3cc2C1. The fraction of sp³-hybridized carbons (Fsp3) is 0.333. The molecular formula is C18H21N5O2S. The number of aromatic nitrogens is 3. The van der Waals surface area contributed by atoms with Gasteiger partial charge in [-0.3, -0.25) is 0 Å². The Balaban J connectivity index is 2.00. The van der Waals surface area contributed by atoms with Crippen LogP contribution >= 0.6 is 0 Å². The highest BCUT2D eigenvalue weighted by Gasteiger charge is 2.30. The number of anilines is 1. The summed E-state index contributed by atoms with van der Waals surface area (Å²) in [5.41, 5.74) is 2.42. The van der Waals surface area contributed by atoms with Gasteiger partial charge in [-0.2, -0.15) is 0 Å². The first-order valence-electron chi connectivity index (χ1n) is 8.45. The second-order valence-corrected chi connectivity index (χ2v) is 8.72. The van der Waals surface area contributed by atoms with Crippen molar-refractivity contribution in [2.45, 2.75) is 22.8 Å². The summed E-state index contributed by atoms with van der Waals surface area (Å²) < 4.78 is 28.3. The van der Waals surface area contributed by atoms with Crippen molar-refractivity contribution >= 4 is 21.3 Å². The maximum absolute atomic E-state index is 13.3. The highest BCUT2D eigenvalue weighted by atomic mass is 32.2. The van der Waals surface area contributed by atoms with Crippen LogP contribution in [0, 0.1) is 0 Å². The molecule has 0 amide bonds. The summed E-state index contributed by atoms with van der Waals surface area (Å²) in [4.78, 5) is 9.06. The Labute approximate surface area is 152 Å². The molecule has 0 N–H and O–H groups in total. The molecule has 0 radical (unpaired) electrons. The largest absolute Gasteiger partial charge is 0.360 e. The predicted molar refractivity (Wildman–Crippen MR) is 99.2 cm³/mol. The van der Waals surface area contributed by atoms with E-state index in [4.69, 9.17) is 4.98 Å². The van der Waals surface area contributed by atoms with E-state index in [0.717, 1.165) is 30.8 Å². The normalized spacial score (nSPS) is 15.2. The molecule has 0 saturated carbocycles. The lowest BCUT2D eigenvalue weighted by Crippen LogP contribution is -2.27. The molecule has 0 bridgehead atoms. The summed E-state index contributed by atoms with van der Waals surface area (Å²) in [6.45, 7) is 1.70. The van der Waals surface area contributed by atoms with Gasteiger partial charge in [-0.1, -0.05) is 18.2 Å². The van der Waals surface area contributed by atoms with Gasteiger partial charge in [0, 0.05) is 45.4 Å². The minimum absolute atomic E-state index is 0.162. The van der Waals surface area contributed by atoms with E-state index in [9.17, 15) is 8.42 Å². The molecule has 3 heterocycles. The van der Waals surface area contributed by atoms with E-state index >= 15 is 0 Å². The van der Waals surface area contributed by atoms with E-state index in [0.29, 0.717) is 11.5 Å². The van der Waals surface area contributed by atoms with Crippen molar-refractivity contribution in [1.29, 1.82) is 0 Å². The lowest BCUT2D eigenvalue weighted by molar-refractivity contribution is 0.309. The fourth-order valence-electron chi connectivity index (χ4n) is 3.28. The minimum atomic E-state index is -3.73. The molecule has 8 heteroatoms. The highest BCUT2D eigenvalue weighted by Crippen LogP contribution is 2.32. The van der Waals surface area contributed by atoms with E-state index in [1.165, 1.54) is 0 Å². The van der Waals surface area contributed by atoms with Gasteiger partial charge < -0.3 is 9.80 Å². The Morgan fingerprint density at radius 3 is 2.58 bits per heavy atom. The van der Waals surface area contributed by atoms with Gasteiger partial charge >= 0.3 is 0 Å². The summed E-state index contributed by atoms with van der Waals surface area (Å²) in [5.74, 6) is 0.400. The zero-order chi connectivity index (χ0) is 18.5. The van der Waals surface area contributed by atoms with Crippen molar-refractivity contribution in [2.75, 3.05) is 32.6 Å². The third-order valence-electron chi connectivity index (χ3n) is 4.63. The molecule has 4 rings (SSSR count). The van der Waals surface area contributed by atoms with Crippen molar-refractivity contribution in [2.24, 2.45) is 0 Å². The summed E-state index contributed by atoms with van der Waals surface area (Å²) in [6, 6.07) is 8.45. The van der Waals surface area contributed by atoms with Crippen molar-refractivity contribution < 1.29 is 8.42 Å². The third-order valence-corrected chi connectivity index (χ3v) is 6.43. The first kappa shape index (κ1) is 17.0. The molecule has 1 aliphatic heterocycles. The lowest BCUT2D eigenvalue weighted by atomic mass is 10.1. The fourth-order valence-corrected chi connectivity index (χ4v) is 4.87. The zero-order valence-electron chi connectivity index (χ0n) is 15.0. The molecule has 0 aliphatic carbocycles. The number of likely N-dealkylation sites (N-methyl/N-ethyl adjacent to an activating group) is 1. The number of sulfone groups is 1. The molecule has 0 atom stereocenters. The van der Waals surface area contributed by atoms with Crippen LogP contribution in [0.25, 0.3) is 5.65 Å². The van der Waals surface area contributed by atoms with Crippen LogP contribution in [-0.4, -0.2) is 55.6 Å². The summed E-state index contributed by atoms with van der Waals surface area (Å²) in [5, 5.41) is 4.52. The van der Waals surface area contributed by atoms with Crippen LogP contribution in [0.1, 0.15) is 11.3 Å². The van der Waals surface area contributed by atoms with Crippen LogP contribution in [0.4, 0.5) is 5.82 Å². The standard InChI is InChI=1S/C18H21N5O2S/c1-21(2)18-16(26(24,25)14-7-5-4-6-8-14)17-19-15-9-10-22(3)11-13(15)12-23(17)20-18/h4-8,12H,9-11H2,1-3H3. The van der Waals surface area contributed by atoms with Gasteiger partial charge in [-0.25, -0.2) is 17.9 Å². The molecule has 136 valence electrons. The maximum Gasteiger partial charge on any atom is 0.214 e. The number of hydrogen-bond acceptors (Lipinski definition) is 6. The monoisotopic (exact) mass is 371 g/mol. The smallest absolute Gasteiger partial charge is 0.214 e. The Hall–Kier alpha value is -2.45. The Bertz CT molecular complexity index is 1070. The van der Waals surface area contributed by atoms with Crippen molar-refractivity contribution in [3.05, 3.63) is 47.8 Å². The van der Waals surface area contributed by atoms with Crippen LogP contribution in [0.3, 0.4) is 0 Å². The van der Waals surface area contributed by atoms with Gasteiger partial charge in [-0.15, -0.1) is 5.10 Å². The Morgan fingerprint density at radius 1 is 1.15 bits per heavy atom. The minimum Gasteiger partial charge on any atom is -0.360 e. The van der Waals surface area contributed by atoms with Gasteiger partial charge in [0.1, 0.15) is 0 Å². The zero-order valence-corrected chi connectivity index (χ0v) is 15.9. The van der Waals surface area contributed by atoms with Gasteiger partial charge in [0.25, 0.3) is 0 Å². The van der Waals surface area contributed by atoms with Crippen LogP contribution in [0.5, 0.6) is 0 Å². The molecule has 1 aliphatic rings. The van der Waals surface area contributed by atoms with Crippen molar-refractivity contribution in [3.8, 4) is 0 Å². The number of fused-ring (bicyclic) bond motifs is 2. The third kappa shape index (κ3) is 2.65. The van der Waals surface area contributed by atoms with Gasteiger partial charge in [0.05, 0.1) is 10.6 Å². The van der Waals surface area contributed by atoms with E-state index < -0.39 is 9.84 Å². The molecule has 1 aromatic carbocycles. The highest BCUT2D eigenvalue weighted by molar-refractivity contribution is 7.91. The predicted octanol–water partition coefficient (Wildman–Crippen LogP) is 1.62. The maximum atomic E-state index is 13.3. The number of nitrogens with zero attached hydrogens (tertiary/aromatic N) is 5. The van der Waals surface area contributed by atoms with Gasteiger partial charge in [0.15, 0.2) is 16.4 Å². The molecular weight excluding hydrogens is 350 g/mol. The summed E-state index contributed by atoms with van der Waals surface area (Å²) in [7, 11) is 1.91. The van der Waals surface area contributed by atoms with Crippen molar-refractivity contribution in [3.63, 3.8) is 0 Å². The quantitative estimate of drug-likeness (QED) is 0.697. The summed E-state index contributed by atoms with van der Waals surface area (Å²) >= 11 is 0. The first-order chi connectivity index (χ1) is 12.4. The topological polar surface area (TPSA) is 70.8 Å². The molecule has 26 heavy (non-hydrogen) atoms. The average Bonchev–Trinajstić information content (AvgIpc) is 3.00. The van der Waals surface area contributed by atoms with E-state index in [1.807, 2.05) is 6.20 Å². The molecule has 0 fully saturated rings. The molecule has 2 aromatic heterocycles. The molecule has 3 aromatic rings. The van der Waals surface area contributed by atoms with E-state index in [-0.39, 0.29) is 9.79 Å². The number of rotatable bonds is 3. The first-order valence-corrected chi connectivity index (χ1v) is 9.93. The molecule has 0 spiro atoms. The molecule has 7 nitrogen and oxygen atoms in total. The van der Waals surface area contributed by atoms with Crippen molar-refractivity contribution in [1.82, 2.24) is 19.5 Å².